The molecule has 2 aromatic carbocycles. The van der Waals surface area contributed by atoms with E-state index in [1.807, 2.05) is 42.5 Å². The van der Waals surface area contributed by atoms with Crippen LogP contribution < -0.4 is 15.9 Å². The predicted molar refractivity (Wildman–Crippen MR) is 95.8 cm³/mol. The number of aryl methyl sites for hydroxylation is 1. The van der Waals surface area contributed by atoms with Crippen molar-refractivity contribution in [2.45, 2.75) is 13.5 Å². The zero-order chi connectivity index (χ0) is 17.5. The summed E-state index contributed by atoms with van der Waals surface area (Å²) in [5, 5.41) is 9.91. The molecule has 0 saturated carbocycles. The smallest absolute Gasteiger partial charge is 0.363 e. The maximum atomic E-state index is 11.1. The van der Waals surface area contributed by atoms with E-state index in [0.717, 1.165) is 11.1 Å². The Morgan fingerprint density at radius 3 is 2.84 bits per heavy atom. The number of rotatable bonds is 6. The third-order valence-corrected chi connectivity index (χ3v) is 3.52. The first kappa shape index (κ1) is 16.4. The predicted octanol–water partition coefficient (Wildman–Crippen LogP) is 2.50. The van der Waals surface area contributed by atoms with E-state index in [0.29, 0.717) is 12.4 Å². The number of benzene rings is 2. The van der Waals surface area contributed by atoms with Crippen molar-refractivity contribution in [3.05, 3.63) is 81.9 Å². The Morgan fingerprint density at radius 1 is 1.20 bits per heavy atom. The number of nitrogens with one attached hydrogen (secondary N) is 2. The molecule has 0 spiro atoms. The maximum Gasteiger partial charge on any atom is 0.363 e. The number of hydrazone groups is 1. The molecule has 0 aliphatic heterocycles. The molecule has 0 fully saturated rings. The van der Waals surface area contributed by atoms with Crippen molar-refractivity contribution in [2.75, 3.05) is 5.43 Å². The Hall–Kier alpha value is -3.48. The van der Waals surface area contributed by atoms with E-state index >= 15 is 0 Å². The zero-order valence-corrected chi connectivity index (χ0v) is 13.6. The third kappa shape index (κ3) is 4.51. The van der Waals surface area contributed by atoms with Crippen LogP contribution in [0, 0.1) is 6.92 Å². The highest BCUT2D eigenvalue weighted by atomic mass is 16.5. The second-order valence-electron chi connectivity index (χ2n) is 5.30. The molecule has 7 nitrogen and oxygen atoms in total. The highest BCUT2D eigenvalue weighted by molar-refractivity contribution is 5.83. The zero-order valence-electron chi connectivity index (χ0n) is 13.6. The van der Waals surface area contributed by atoms with Gasteiger partial charge < -0.3 is 4.74 Å². The van der Waals surface area contributed by atoms with Gasteiger partial charge in [0, 0.05) is 5.56 Å². The van der Waals surface area contributed by atoms with Gasteiger partial charge in [-0.2, -0.15) is 15.2 Å². The van der Waals surface area contributed by atoms with Crippen molar-refractivity contribution < 1.29 is 4.74 Å². The van der Waals surface area contributed by atoms with Gasteiger partial charge in [0.05, 0.1) is 12.4 Å². The number of para-hydroxylation sites is 1. The molecule has 0 saturated heterocycles. The fourth-order valence-electron chi connectivity index (χ4n) is 2.18. The van der Waals surface area contributed by atoms with Crippen LogP contribution in [0.15, 0.2) is 64.6 Å². The number of nitrogens with zero attached hydrogens (tertiary/aromatic N) is 3. The van der Waals surface area contributed by atoms with Crippen LogP contribution in [-0.2, 0) is 6.61 Å². The Balaban J connectivity index is 1.69. The number of aromatic amines is 1. The van der Waals surface area contributed by atoms with E-state index in [-0.39, 0.29) is 5.82 Å². The molecule has 126 valence electrons. The average molecular weight is 335 g/mol. The first-order valence-electron chi connectivity index (χ1n) is 7.69. The SMILES string of the molecule is Cc1ccccc1COc1ccccc1/C=N/Nc1cn[nH]c(=O)n1. The Kier molecular flexibility index (Phi) is 5.16. The number of hydrogen-bond acceptors (Lipinski definition) is 6. The number of anilines is 1. The second-order valence-corrected chi connectivity index (χ2v) is 5.30. The van der Waals surface area contributed by atoms with E-state index in [1.165, 1.54) is 11.8 Å². The van der Waals surface area contributed by atoms with Gasteiger partial charge in [-0.25, -0.2) is 9.89 Å². The molecule has 25 heavy (non-hydrogen) atoms. The fourth-order valence-corrected chi connectivity index (χ4v) is 2.18. The summed E-state index contributed by atoms with van der Waals surface area (Å²) in [6, 6.07) is 15.7. The largest absolute Gasteiger partial charge is 0.488 e. The number of hydrogen-bond donors (Lipinski definition) is 2. The van der Waals surface area contributed by atoms with Crippen LogP contribution >= 0.6 is 0 Å². The average Bonchev–Trinajstić information content (AvgIpc) is 2.62. The highest BCUT2D eigenvalue weighted by Crippen LogP contribution is 2.18. The summed E-state index contributed by atoms with van der Waals surface area (Å²) >= 11 is 0. The van der Waals surface area contributed by atoms with Crippen LogP contribution in [0.3, 0.4) is 0 Å². The number of ether oxygens (including phenoxy) is 1. The molecule has 2 N–H and O–H groups in total. The van der Waals surface area contributed by atoms with Crippen LogP contribution in [0.1, 0.15) is 16.7 Å². The standard InChI is InChI=1S/C18H17N5O2/c1-13-6-2-3-8-15(13)12-25-16-9-5-4-7-14(16)10-19-22-17-11-20-23-18(24)21-17/h2-11H,12H2,1H3,(H2,21,22,23,24)/b19-10+. The molecular weight excluding hydrogens is 318 g/mol. The van der Waals surface area contributed by atoms with Crippen LogP contribution in [0.2, 0.25) is 0 Å². The lowest BCUT2D eigenvalue weighted by Gasteiger charge is -2.10. The Labute approximate surface area is 144 Å². The molecule has 7 heteroatoms. The van der Waals surface area contributed by atoms with Crippen LogP contribution in [-0.4, -0.2) is 21.4 Å². The summed E-state index contributed by atoms with van der Waals surface area (Å²) in [5.74, 6) is 0.978. The van der Waals surface area contributed by atoms with E-state index < -0.39 is 5.69 Å². The number of H-pyrrole nitrogens is 1. The topological polar surface area (TPSA) is 92.3 Å². The van der Waals surface area contributed by atoms with E-state index in [4.69, 9.17) is 4.74 Å². The lowest BCUT2D eigenvalue weighted by molar-refractivity contribution is 0.305. The molecule has 0 atom stereocenters. The van der Waals surface area contributed by atoms with Gasteiger partial charge in [0.15, 0.2) is 5.82 Å². The van der Waals surface area contributed by atoms with E-state index in [2.05, 4.69) is 38.7 Å². The minimum atomic E-state index is -0.540. The molecule has 3 rings (SSSR count). The lowest BCUT2D eigenvalue weighted by atomic mass is 10.1. The summed E-state index contributed by atoms with van der Waals surface area (Å²) in [6.07, 6.45) is 2.98. The summed E-state index contributed by atoms with van der Waals surface area (Å²) in [6.45, 7) is 2.53. The third-order valence-electron chi connectivity index (χ3n) is 3.52. The van der Waals surface area contributed by atoms with Crippen molar-refractivity contribution in [1.29, 1.82) is 0 Å². The van der Waals surface area contributed by atoms with Gasteiger partial charge in [-0.1, -0.05) is 36.4 Å². The monoisotopic (exact) mass is 335 g/mol. The van der Waals surface area contributed by atoms with Crippen LogP contribution in [0.4, 0.5) is 5.82 Å². The fraction of sp³-hybridized carbons (Fsp3) is 0.111. The van der Waals surface area contributed by atoms with Crippen LogP contribution in [0.5, 0.6) is 5.75 Å². The minimum absolute atomic E-state index is 0.262. The molecule has 1 heterocycles. The van der Waals surface area contributed by atoms with E-state index in [1.54, 1.807) is 6.21 Å². The van der Waals surface area contributed by atoms with Crippen molar-refractivity contribution in [3.63, 3.8) is 0 Å². The van der Waals surface area contributed by atoms with Gasteiger partial charge in [-0.3, -0.25) is 5.43 Å². The molecular formula is C18H17N5O2. The Bertz CT molecular complexity index is 936. The van der Waals surface area contributed by atoms with Crippen molar-refractivity contribution in [3.8, 4) is 5.75 Å². The van der Waals surface area contributed by atoms with Crippen molar-refractivity contribution in [1.82, 2.24) is 15.2 Å². The molecule has 3 aromatic rings. The van der Waals surface area contributed by atoms with Gasteiger partial charge in [0.2, 0.25) is 0 Å². The summed E-state index contributed by atoms with van der Waals surface area (Å²) in [4.78, 5) is 14.8. The highest BCUT2D eigenvalue weighted by Gasteiger charge is 2.03. The second kappa shape index (κ2) is 7.87. The molecule has 0 radical (unpaired) electrons. The van der Waals surface area contributed by atoms with Gasteiger partial charge in [-0.05, 0) is 30.2 Å². The quantitative estimate of drug-likeness (QED) is 0.533. The van der Waals surface area contributed by atoms with Crippen LogP contribution in [0.25, 0.3) is 0 Å². The Morgan fingerprint density at radius 2 is 2.00 bits per heavy atom. The molecule has 1 aromatic heterocycles. The van der Waals surface area contributed by atoms with Gasteiger partial charge in [0.1, 0.15) is 12.4 Å². The van der Waals surface area contributed by atoms with Crippen molar-refractivity contribution >= 4 is 12.0 Å². The first-order valence-corrected chi connectivity index (χ1v) is 7.69. The summed E-state index contributed by atoms with van der Waals surface area (Å²) in [7, 11) is 0. The number of aromatic nitrogens is 3. The molecule has 0 unspecified atom stereocenters. The molecule has 0 aliphatic rings. The lowest BCUT2D eigenvalue weighted by Crippen LogP contribution is -2.13. The van der Waals surface area contributed by atoms with Gasteiger partial charge in [-0.15, -0.1) is 0 Å². The minimum Gasteiger partial charge on any atom is -0.488 e. The summed E-state index contributed by atoms with van der Waals surface area (Å²) < 4.78 is 5.92. The van der Waals surface area contributed by atoms with E-state index in [9.17, 15) is 4.79 Å². The molecule has 0 aliphatic carbocycles. The van der Waals surface area contributed by atoms with Gasteiger partial charge in [0.25, 0.3) is 0 Å². The molecule has 0 bridgehead atoms. The normalized spacial score (nSPS) is 10.8. The van der Waals surface area contributed by atoms with Gasteiger partial charge >= 0.3 is 5.69 Å². The van der Waals surface area contributed by atoms with Crippen molar-refractivity contribution in [2.24, 2.45) is 5.10 Å². The summed E-state index contributed by atoms with van der Waals surface area (Å²) in [5.41, 5.74) is 5.25. The molecule has 0 amide bonds. The first-order chi connectivity index (χ1) is 12.2. The maximum absolute atomic E-state index is 11.1.